The fraction of sp³-hybridized carbons (Fsp3) is 0.278. The summed E-state index contributed by atoms with van der Waals surface area (Å²) in [6, 6.07) is 15.1. The van der Waals surface area contributed by atoms with Crippen LogP contribution in [0.4, 0.5) is 0 Å². The Morgan fingerprint density at radius 3 is 2.52 bits per heavy atom. The average molecular weight is 313 g/mol. The number of hydrogen-bond donors (Lipinski definition) is 1. The molecule has 1 aliphatic heterocycles. The lowest BCUT2D eigenvalue weighted by atomic mass is 10.0. The Hall–Kier alpha value is -2.37. The zero-order valence-electron chi connectivity index (χ0n) is 12.9. The van der Waals surface area contributed by atoms with Gasteiger partial charge in [0.15, 0.2) is 6.29 Å². The van der Waals surface area contributed by atoms with Gasteiger partial charge in [-0.15, -0.1) is 0 Å². The predicted octanol–water partition coefficient (Wildman–Crippen LogP) is 3.36. The second-order valence-electron chi connectivity index (χ2n) is 5.10. The lowest BCUT2D eigenvalue weighted by Gasteiger charge is -2.12. The summed E-state index contributed by atoms with van der Waals surface area (Å²) in [4.78, 5) is 0. The molecule has 0 aromatic heterocycles. The highest BCUT2D eigenvalue weighted by atomic mass is 16.7. The summed E-state index contributed by atoms with van der Waals surface area (Å²) in [6.07, 6.45) is -0.352. The van der Waals surface area contributed by atoms with Crippen molar-refractivity contribution in [3.05, 3.63) is 65.2 Å². The molecule has 1 aliphatic rings. The van der Waals surface area contributed by atoms with Gasteiger partial charge >= 0.3 is 0 Å². The molecule has 5 nitrogen and oxygen atoms in total. The second-order valence-corrected chi connectivity index (χ2v) is 5.10. The topological polar surface area (TPSA) is 60.3 Å². The molecule has 1 saturated heterocycles. The fourth-order valence-corrected chi connectivity index (χ4v) is 2.54. The van der Waals surface area contributed by atoms with E-state index in [9.17, 15) is 5.21 Å². The molecule has 0 amide bonds. The van der Waals surface area contributed by atoms with Gasteiger partial charge in [-0.05, 0) is 37.3 Å². The Labute approximate surface area is 135 Å². The maximum Gasteiger partial charge on any atom is 0.184 e. The van der Waals surface area contributed by atoms with Gasteiger partial charge in [0.05, 0.1) is 19.8 Å². The van der Waals surface area contributed by atoms with Crippen molar-refractivity contribution in [2.45, 2.75) is 13.2 Å². The van der Waals surface area contributed by atoms with Crippen LogP contribution in [0.25, 0.3) is 0 Å². The van der Waals surface area contributed by atoms with Crippen LogP contribution in [0.15, 0.2) is 53.7 Å². The van der Waals surface area contributed by atoms with Crippen molar-refractivity contribution in [3.63, 3.8) is 0 Å². The van der Waals surface area contributed by atoms with Crippen LogP contribution < -0.4 is 4.74 Å². The van der Waals surface area contributed by atoms with Gasteiger partial charge in [-0.1, -0.05) is 23.4 Å². The van der Waals surface area contributed by atoms with Gasteiger partial charge in [0.25, 0.3) is 0 Å². The van der Waals surface area contributed by atoms with E-state index in [0.717, 1.165) is 22.4 Å². The van der Waals surface area contributed by atoms with Crippen LogP contribution in [-0.2, 0) is 9.47 Å². The molecular weight excluding hydrogens is 294 g/mol. The molecule has 1 N–H and O–H groups in total. The molecule has 2 aromatic carbocycles. The summed E-state index contributed by atoms with van der Waals surface area (Å²) >= 11 is 0. The van der Waals surface area contributed by atoms with Crippen LogP contribution >= 0.6 is 0 Å². The monoisotopic (exact) mass is 313 g/mol. The molecule has 0 unspecified atom stereocenters. The molecule has 0 aliphatic carbocycles. The quantitative estimate of drug-likeness (QED) is 0.522. The van der Waals surface area contributed by atoms with Crippen molar-refractivity contribution in [1.82, 2.24) is 0 Å². The Morgan fingerprint density at radius 1 is 1.13 bits per heavy atom. The van der Waals surface area contributed by atoms with Gasteiger partial charge in [-0.2, -0.15) is 0 Å². The van der Waals surface area contributed by atoms with Crippen LogP contribution in [0.3, 0.4) is 0 Å². The van der Waals surface area contributed by atoms with Crippen molar-refractivity contribution in [1.29, 1.82) is 0 Å². The SMILES string of the molecule is CCOc1ccc(/C(=N/O)c2cccc(C3OCCO3)c2)cc1. The lowest BCUT2D eigenvalue weighted by Crippen LogP contribution is -2.06. The minimum Gasteiger partial charge on any atom is -0.494 e. The molecule has 5 heteroatoms. The van der Waals surface area contributed by atoms with Crippen LogP contribution in [0, 0.1) is 0 Å². The molecular formula is C18H19NO4. The molecule has 3 rings (SSSR count). The molecule has 23 heavy (non-hydrogen) atoms. The predicted molar refractivity (Wildman–Crippen MR) is 86.1 cm³/mol. The third-order valence-corrected chi connectivity index (χ3v) is 3.59. The van der Waals surface area contributed by atoms with Crippen molar-refractivity contribution >= 4 is 5.71 Å². The summed E-state index contributed by atoms with van der Waals surface area (Å²) in [7, 11) is 0. The summed E-state index contributed by atoms with van der Waals surface area (Å²) in [5, 5.41) is 12.9. The summed E-state index contributed by atoms with van der Waals surface area (Å²) in [6.45, 7) is 3.74. The minimum atomic E-state index is -0.352. The second kappa shape index (κ2) is 7.26. The van der Waals surface area contributed by atoms with E-state index in [2.05, 4.69) is 5.16 Å². The van der Waals surface area contributed by atoms with Crippen molar-refractivity contribution < 1.29 is 19.4 Å². The number of rotatable bonds is 5. The molecule has 2 aromatic rings. The maximum atomic E-state index is 9.46. The molecule has 0 spiro atoms. The standard InChI is InChI=1S/C18H19NO4/c1-2-21-16-8-6-13(7-9-16)17(19-20)14-4-3-5-15(12-14)18-22-10-11-23-18/h3-9,12,18,20H,2,10-11H2,1H3/b19-17-. The van der Waals surface area contributed by atoms with E-state index >= 15 is 0 Å². The van der Waals surface area contributed by atoms with Crippen LogP contribution in [0.1, 0.15) is 29.9 Å². The lowest BCUT2D eigenvalue weighted by molar-refractivity contribution is -0.0441. The van der Waals surface area contributed by atoms with Crippen LogP contribution in [0.5, 0.6) is 5.75 Å². The minimum absolute atomic E-state index is 0.352. The number of nitrogens with zero attached hydrogens (tertiary/aromatic N) is 1. The van der Waals surface area contributed by atoms with Gasteiger partial charge in [0.2, 0.25) is 0 Å². The molecule has 0 saturated carbocycles. The van der Waals surface area contributed by atoms with E-state index in [4.69, 9.17) is 14.2 Å². The Bertz CT molecular complexity index is 676. The van der Waals surface area contributed by atoms with Crippen molar-refractivity contribution in [2.75, 3.05) is 19.8 Å². The molecule has 0 atom stereocenters. The van der Waals surface area contributed by atoms with Gasteiger partial charge in [-0.3, -0.25) is 0 Å². The molecule has 0 bridgehead atoms. The van der Waals surface area contributed by atoms with E-state index in [-0.39, 0.29) is 6.29 Å². The highest BCUT2D eigenvalue weighted by Crippen LogP contribution is 2.25. The first-order valence-corrected chi connectivity index (χ1v) is 7.60. The number of hydrogen-bond acceptors (Lipinski definition) is 5. The van der Waals surface area contributed by atoms with E-state index in [1.54, 1.807) is 0 Å². The van der Waals surface area contributed by atoms with E-state index in [0.29, 0.717) is 25.5 Å². The highest BCUT2D eigenvalue weighted by molar-refractivity contribution is 6.12. The smallest absolute Gasteiger partial charge is 0.184 e. The van der Waals surface area contributed by atoms with Crippen molar-refractivity contribution in [3.8, 4) is 5.75 Å². The largest absolute Gasteiger partial charge is 0.494 e. The zero-order chi connectivity index (χ0) is 16.1. The maximum absolute atomic E-state index is 9.46. The normalized spacial score (nSPS) is 15.8. The van der Waals surface area contributed by atoms with Gasteiger partial charge in [0.1, 0.15) is 11.5 Å². The molecule has 120 valence electrons. The third kappa shape index (κ3) is 3.52. The Balaban J connectivity index is 1.87. The van der Waals surface area contributed by atoms with Crippen molar-refractivity contribution in [2.24, 2.45) is 5.16 Å². The van der Waals surface area contributed by atoms with Crippen LogP contribution in [0.2, 0.25) is 0 Å². The molecule has 0 radical (unpaired) electrons. The Kier molecular flexibility index (Phi) is 4.90. The van der Waals surface area contributed by atoms with E-state index in [1.807, 2.05) is 55.5 Å². The van der Waals surface area contributed by atoms with Gasteiger partial charge < -0.3 is 19.4 Å². The van der Waals surface area contributed by atoms with Crippen LogP contribution in [-0.4, -0.2) is 30.7 Å². The van der Waals surface area contributed by atoms with Gasteiger partial charge in [-0.25, -0.2) is 0 Å². The first-order valence-electron chi connectivity index (χ1n) is 7.60. The zero-order valence-corrected chi connectivity index (χ0v) is 12.9. The summed E-state index contributed by atoms with van der Waals surface area (Å²) in [5.74, 6) is 0.787. The summed E-state index contributed by atoms with van der Waals surface area (Å²) < 4.78 is 16.5. The van der Waals surface area contributed by atoms with E-state index < -0.39 is 0 Å². The highest BCUT2D eigenvalue weighted by Gasteiger charge is 2.19. The summed E-state index contributed by atoms with van der Waals surface area (Å²) in [5.41, 5.74) is 3.01. The van der Waals surface area contributed by atoms with Gasteiger partial charge in [0, 0.05) is 16.7 Å². The number of oxime groups is 1. The first-order chi connectivity index (χ1) is 11.3. The fourth-order valence-electron chi connectivity index (χ4n) is 2.54. The van der Waals surface area contributed by atoms with E-state index in [1.165, 1.54) is 0 Å². The third-order valence-electron chi connectivity index (χ3n) is 3.59. The number of benzene rings is 2. The Morgan fingerprint density at radius 2 is 1.87 bits per heavy atom. The number of ether oxygens (including phenoxy) is 3. The average Bonchev–Trinajstić information content (AvgIpc) is 3.12. The molecule has 1 heterocycles. The first kappa shape index (κ1) is 15.5. The molecule has 1 fully saturated rings.